The van der Waals surface area contributed by atoms with Crippen LogP contribution in [0.1, 0.15) is 13.3 Å². The smallest absolute Gasteiger partial charge is 0.144 e. The number of hydrogen-bond donors (Lipinski definition) is 1. The summed E-state index contributed by atoms with van der Waals surface area (Å²) in [5.41, 5.74) is 0. The highest BCUT2D eigenvalue weighted by Gasteiger charge is 1.99. The quantitative estimate of drug-likeness (QED) is 0.679. The minimum atomic E-state index is 0.242. The molecule has 0 amide bonds. The Labute approximate surface area is 72.2 Å². The minimum Gasteiger partial charge on any atom is -0.365 e. The molecule has 1 atom stereocenters. The van der Waals surface area contributed by atoms with Crippen LogP contribution in [0.5, 0.6) is 0 Å². The summed E-state index contributed by atoms with van der Waals surface area (Å²) >= 11 is 0. The number of terminal acetylenes is 1. The van der Waals surface area contributed by atoms with Crippen molar-refractivity contribution >= 4 is 5.82 Å². The van der Waals surface area contributed by atoms with E-state index in [1.54, 1.807) is 18.6 Å². The van der Waals surface area contributed by atoms with Gasteiger partial charge in [-0.3, -0.25) is 4.98 Å². The lowest BCUT2D eigenvalue weighted by molar-refractivity contribution is 0.820. The molecule has 12 heavy (non-hydrogen) atoms. The molecule has 1 heterocycles. The van der Waals surface area contributed by atoms with Crippen molar-refractivity contribution in [3.05, 3.63) is 18.6 Å². The van der Waals surface area contributed by atoms with Crippen molar-refractivity contribution in [3.8, 4) is 12.3 Å². The summed E-state index contributed by atoms with van der Waals surface area (Å²) in [4.78, 5) is 7.98. The zero-order chi connectivity index (χ0) is 8.81. The van der Waals surface area contributed by atoms with Gasteiger partial charge in [0.25, 0.3) is 0 Å². The molecule has 1 unspecified atom stereocenters. The molecule has 0 fully saturated rings. The molecule has 1 rings (SSSR count). The van der Waals surface area contributed by atoms with Crippen molar-refractivity contribution < 1.29 is 0 Å². The van der Waals surface area contributed by atoms with Gasteiger partial charge in [0.2, 0.25) is 0 Å². The molecule has 0 aliphatic heterocycles. The van der Waals surface area contributed by atoms with Crippen LogP contribution in [0.4, 0.5) is 5.82 Å². The number of anilines is 1. The number of rotatable bonds is 3. The fraction of sp³-hybridized carbons (Fsp3) is 0.333. The van der Waals surface area contributed by atoms with Crippen LogP contribution in [0.15, 0.2) is 18.6 Å². The van der Waals surface area contributed by atoms with Gasteiger partial charge in [-0.15, -0.1) is 12.3 Å². The van der Waals surface area contributed by atoms with E-state index in [1.807, 2.05) is 6.92 Å². The third-order valence-electron chi connectivity index (χ3n) is 1.38. The summed E-state index contributed by atoms with van der Waals surface area (Å²) in [7, 11) is 0. The lowest BCUT2D eigenvalue weighted by Crippen LogP contribution is -2.14. The van der Waals surface area contributed by atoms with Crippen LogP contribution in [0.3, 0.4) is 0 Å². The Balaban J connectivity index is 2.48. The first-order chi connectivity index (χ1) is 5.83. The molecule has 0 saturated heterocycles. The summed E-state index contributed by atoms with van der Waals surface area (Å²) in [6.45, 7) is 2.01. The molecule has 0 aliphatic rings. The first kappa shape index (κ1) is 8.54. The van der Waals surface area contributed by atoms with Gasteiger partial charge in [-0.25, -0.2) is 4.98 Å². The molecule has 0 aromatic carbocycles. The Morgan fingerprint density at radius 2 is 2.50 bits per heavy atom. The van der Waals surface area contributed by atoms with Crippen LogP contribution in [0.2, 0.25) is 0 Å². The summed E-state index contributed by atoms with van der Waals surface area (Å²) < 4.78 is 0. The monoisotopic (exact) mass is 161 g/mol. The van der Waals surface area contributed by atoms with Gasteiger partial charge < -0.3 is 5.32 Å². The van der Waals surface area contributed by atoms with E-state index in [2.05, 4.69) is 21.2 Å². The third-order valence-corrected chi connectivity index (χ3v) is 1.38. The standard InChI is InChI=1S/C9H11N3/c1-3-4-8(2)12-9-7-10-5-6-11-9/h1,5-8H,4H2,2H3,(H,11,12). The topological polar surface area (TPSA) is 37.8 Å². The molecule has 0 saturated carbocycles. The fourth-order valence-corrected chi connectivity index (χ4v) is 0.854. The van der Waals surface area contributed by atoms with E-state index in [4.69, 9.17) is 6.42 Å². The zero-order valence-electron chi connectivity index (χ0n) is 6.99. The average Bonchev–Trinajstić information content (AvgIpc) is 2.06. The van der Waals surface area contributed by atoms with Crippen LogP contribution < -0.4 is 5.32 Å². The molecule has 1 aromatic heterocycles. The molecule has 1 N–H and O–H groups in total. The number of aromatic nitrogens is 2. The van der Waals surface area contributed by atoms with Crippen LogP contribution in [-0.4, -0.2) is 16.0 Å². The first-order valence-corrected chi connectivity index (χ1v) is 3.79. The van der Waals surface area contributed by atoms with Gasteiger partial charge in [0.05, 0.1) is 6.20 Å². The van der Waals surface area contributed by atoms with Gasteiger partial charge in [0.15, 0.2) is 0 Å². The Hall–Kier alpha value is -1.56. The molecule has 0 bridgehead atoms. The average molecular weight is 161 g/mol. The molecular formula is C9H11N3. The molecule has 0 aliphatic carbocycles. The van der Waals surface area contributed by atoms with Crippen molar-refractivity contribution in [2.45, 2.75) is 19.4 Å². The molecule has 1 aromatic rings. The minimum absolute atomic E-state index is 0.242. The number of nitrogens with zero attached hydrogens (tertiary/aromatic N) is 2. The second-order valence-electron chi connectivity index (χ2n) is 2.54. The molecule has 3 heteroatoms. The highest BCUT2D eigenvalue weighted by molar-refractivity contribution is 5.31. The molecule has 0 spiro atoms. The third kappa shape index (κ3) is 2.59. The Kier molecular flexibility index (Phi) is 3.09. The van der Waals surface area contributed by atoms with E-state index in [0.29, 0.717) is 6.42 Å². The van der Waals surface area contributed by atoms with E-state index in [1.165, 1.54) is 0 Å². The van der Waals surface area contributed by atoms with E-state index >= 15 is 0 Å². The van der Waals surface area contributed by atoms with Crippen molar-refractivity contribution in [1.29, 1.82) is 0 Å². The van der Waals surface area contributed by atoms with Crippen molar-refractivity contribution in [3.63, 3.8) is 0 Å². The molecule has 62 valence electrons. The predicted octanol–water partition coefficient (Wildman–Crippen LogP) is 1.30. The normalized spacial score (nSPS) is 11.7. The predicted molar refractivity (Wildman–Crippen MR) is 48.6 cm³/mol. The van der Waals surface area contributed by atoms with E-state index in [9.17, 15) is 0 Å². The summed E-state index contributed by atoms with van der Waals surface area (Å²) in [6.07, 6.45) is 10.8. The Morgan fingerprint density at radius 3 is 3.08 bits per heavy atom. The van der Waals surface area contributed by atoms with E-state index in [0.717, 1.165) is 5.82 Å². The van der Waals surface area contributed by atoms with Gasteiger partial charge >= 0.3 is 0 Å². The van der Waals surface area contributed by atoms with Crippen LogP contribution >= 0.6 is 0 Å². The zero-order valence-corrected chi connectivity index (χ0v) is 6.99. The maximum absolute atomic E-state index is 5.16. The lowest BCUT2D eigenvalue weighted by atomic mass is 10.2. The van der Waals surface area contributed by atoms with Gasteiger partial charge in [-0.1, -0.05) is 0 Å². The van der Waals surface area contributed by atoms with Gasteiger partial charge in [0.1, 0.15) is 5.82 Å². The van der Waals surface area contributed by atoms with Gasteiger partial charge in [-0.05, 0) is 6.92 Å². The molecule has 3 nitrogen and oxygen atoms in total. The highest BCUT2D eigenvalue weighted by atomic mass is 15.0. The van der Waals surface area contributed by atoms with E-state index in [-0.39, 0.29) is 6.04 Å². The van der Waals surface area contributed by atoms with Crippen LogP contribution in [-0.2, 0) is 0 Å². The van der Waals surface area contributed by atoms with Gasteiger partial charge in [0, 0.05) is 24.9 Å². The lowest BCUT2D eigenvalue weighted by Gasteiger charge is -2.09. The maximum Gasteiger partial charge on any atom is 0.144 e. The van der Waals surface area contributed by atoms with Crippen LogP contribution in [0, 0.1) is 12.3 Å². The Morgan fingerprint density at radius 1 is 1.67 bits per heavy atom. The van der Waals surface area contributed by atoms with Crippen molar-refractivity contribution in [2.75, 3.05) is 5.32 Å². The van der Waals surface area contributed by atoms with Crippen LogP contribution in [0.25, 0.3) is 0 Å². The molecular weight excluding hydrogens is 150 g/mol. The summed E-state index contributed by atoms with van der Waals surface area (Å²) in [6, 6.07) is 0.242. The fourth-order valence-electron chi connectivity index (χ4n) is 0.854. The summed E-state index contributed by atoms with van der Waals surface area (Å²) in [5, 5.41) is 3.13. The maximum atomic E-state index is 5.16. The second-order valence-corrected chi connectivity index (χ2v) is 2.54. The van der Waals surface area contributed by atoms with Crippen molar-refractivity contribution in [2.24, 2.45) is 0 Å². The van der Waals surface area contributed by atoms with Gasteiger partial charge in [-0.2, -0.15) is 0 Å². The second kappa shape index (κ2) is 4.35. The number of nitrogens with one attached hydrogen (secondary N) is 1. The first-order valence-electron chi connectivity index (χ1n) is 3.79. The van der Waals surface area contributed by atoms with Crippen molar-refractivity contribution in [1.82, 2.24) is 9.97 Å². The number of hydrogen-bond acceptors (Lipinski definition) is 3. The highest BCUT2D eigenvalue weighted by Crippen LogP contribution is 2.01. The Bertz CT molecular complexity index is 263. The summed E-state index contributed by atoms with van der Waals surface area (Å²) in [5.74, 6) is 3.34. The largest absolute Gasteiger partial charge is 0.365 e. The molecule has 0 radical (unpaired) electrons. The van der Waals surface area contributed by atoms with E-state index < -0.39 is 0 Å². The SMILES string of the molecule is C#CCC(C)Nc1cnccn1.